The molecule has 4 nitrogen and oxygen atoms in total. The topological polar surface area (TPSA) is 45.4 Å². The number of nitrogen functional groups attached to an aromatic ring is 1. The Labute approximate surface area is 109 Å². The average molecular weight is 246 g/mol. The fourth-order valence-electron chi connectivity index (χ4n) is 3.36. The van der Waals surface area contributed by atoms with Crippen LogP contribution in [-0.2, 0) is 6.54 Å². The minimum atomic E-state index is 0.607. The summed E-state index contributed by atoms with van der Waals surface area (Å²) in [6.45, 7) is 9.55. The van der Waals surface area contributed by atoms with Crippen molar-refractivity contribution in [2.45, 2.75) is 13.5 Å². The van der Waals surface area contributed by atoms with Crippen molar-refractivity contribution < 1.29 is 0 Å². The first-order chi connectivity index (χ1) is 8.74. The average Bonchev–Trinajstić information content (AvgIpc) is 2.89. The van der Waals surface area contributed by atoms with Crippen LogP contribution in [0.4, 0.5) is 5.82 Å². The molecule has 1 aromatic rings. The summed E-state index contributed by atoms with van der Waals surface area (Å²) in [5.74, 6) is 2.37. The van der Waals surface area contributed by atoms with E-state index >= 15 is 0 Å². The van der Waals surface area contributed by atoms with Gasteiger partial charge >= 0.3 is 0 Å². The van der Waals surface area contributed by atoms with E-state index in [9.17, 15) is 0 Å². The number of anilines is 1. The summed E-state index contributed by atoms with van der Waals surface area (Å²) in [5, 5.41) is 0. The summed E-state index contributed by atoms with van der Waals surface area (Å²) >= 11 is 0. The number of nitrogens with zero attached hydrogens (tertiary/aromatic N) is 3. The van der Waals surface area contributed by atoms with Gasteiger partial charge in [-0.25, -0.2) is 4.98 Å². The van der Waals surface area contributed by atoms with Crippen molar-refractivity contribution >= 4 is 5.82 Å². The molecule has 0 aromatic carbocycles. The zero-order valence-electron chi connectivity index (χ0n) is 11.0. The van der Waals surface area contributed by atoms with E-state index in [-0.39, 0.29) is 0 Å². The van der Waals surface area contributed by atoms with Gasteiger partial charge < -0.3 is 10.6 Å². The second kappa shape index (κ2) is 4.86. The van der Waals surface area contributed by atoms with Crippen LogP contribution < -0.4 is 5.73 Å². The van der Waals surface area contributed by atoms with Gasteiger partial charge in [0.15, 0.2) is 0 Å². The molecule has 1 aromatic heterocycles. The quantitative estimate of drug-likeness (QED) is 0.866. The molecule has 2 aliphatic heterocycles. The Bertz CT molecular complexity index is 389. The minimum Gasteiger partial charge on any atom is -0.384 e. The SMILES string of the molecule is CCN1CC2CN(Cc3ccc(N)nc3)CC2C1. The molecule has 3 heterocycles. The zero-order chi connectivity index (χ0) is 12.5. The minimum absolute atomic E-state index is 0.607. The van der Waals surface area contributed by atoms with Crippen molar-refractivity contribution in [2.24, 2.45) is 11.8 Å². The van der Waals surface area contributed by atoms with Crippen LogP contribution in [0.1, 0.15) is 12.5 Å². The molecule has 98 valence electrons. The summed E-state index contributed by atoms with van der Waals surface area (Å²) < 4.78 is 0. The lowest BCUT2D eigenvalue weighted by molar-refractivity contribution is 0.257. The molecular formula is C14H22N4. The van der Waals surface area contributed by atoms with Crippen LogP contribution in [0, 0.1) is 11.8 Å². The number of rotatable bonds is 3. The third-order valence-electron chi connectivity index (χ3n) is 4.34. The lowest BCUT2D eigenvalue weighted by Gasteiger charge is -2.20. The van der Waals surface area contributed by atoms with Gasteiger partial charge in [-0.05, 0) is 30.0 Å². The maximum atomic E-state index is 5.61. The van der Waals surface area contributed by atoms with Crippen LogP contribution in [-0.4, -0.2) is 47.5 Å². The van der Waals surface area contributed by atoms with Crippen molar-refractivity contribution in [2.75, 3.05) is 38.5 Å². The molecule has 0 spiro atoms. The highest BCUT2D eigenvalue weighted by atomic mass is 15.2. The van der Waals surface area contributed by atoms with E-state index in [1.165, 1.54) is 38.3 Å². The van der Waals surface area contributed by atoms with Gasteiger partial charge in [0.1, 0.15) is 5.82 Å². The lowest BCUT2D eigenvalue weighted by atomic mass is 10.0. The molecule has 2 fully saturated rings. The van der Waals surface area contributed by atoms with Gasteiger partial charge in [0.05, 0.1) is 0 Å². The van der Waals surface area contributed by atoms with Crippen molar-refractivity contribution in [3.8, 4) is 0 Å². The highest BCUT2D eigenvalue weighted by Gasteiger charge is 2.38. The molecular weight excluding hydrogens is 224 g/mol. The zero-order valence-corrected chi connectivity index (χ0v) is 11.0. The van der Waals surface area contributed by atoms with Gasteiger partial charge in [0, 0.05) is 38.9 Å². The molecule has 2 aliphatic rings. The second-order valence-electron chi connectivity index (χ2n) is 5.66. The van der Waals surface area contributed by atoms with E-state index in [1.807, 2.05) is 12.3 Å². The standard InChI is InChI=1S/C14H22N4/c1-2-17-7-12-9-18(10-13(12)8-17)6-11-3-4-14(15)16-5-11/h3-5,12-13H,2,6-10H2,1H3,(H2,15,16). The van der Waals surface area contributed by atoms with Crippen LogP contribution >= 0.6 is 0 Å². The van der Waals surface area contributed by atoms with E-state index in [0.29, 0.717) is 5.82 Å². The van der Waals surface area contributed by atoms with Crippen molar-refractivity contribution in [1.82, 2.24) is 14.8 Å². The molecule has 2 atom stereocenters. The number of aromatic nitrogens is 1. The van der Waals surface area contributed by atoms with E-state index in [4.69, 9.17) is 5.73 Å². The summed E-state index contributed by atoms with van der Waals surface area (Å²) in [5.41, 5.74) is 6.88. The smallest absolute Gasteiger partial charge is 0.123 e. The molecule has 0 bridgehead atoms. The van der Waals surface area contributed by atoms with Crippen LogP contribution in [0.5, 0.6) is 0 Å². The van der Waals surface area contributed by atoms with Crippen LogP contribution in [0.3, 0.4) is 0 Å². The van der Waals surface area contributed by atoms with Crippen LogP contribution in [0.25, 0.3) is 0 Å². The monoisotopic (exact) mass is 246 g/mol. The molecule has 2 unspecified atom stereocenters. The predicted octanol–water partition coefficient (Wildman–Crippen LogP) is 1.05. The number of nitrogens with two attached hydrogens (primary N) is 1. The number of likely N-dealkylation sites (tertiary alicyclic amines) is 2. The Balaban J connectivity index is 1.56. The second-order valence-corrected chi connectivity index (χ2v) is 5.66. The molecule has 0 amide bonds. The maximum absolute atomic E-state index is 5.61. The fraction of sp³-hybridized carbons (Fsp3) is 0.643. The van der Waals surface area contributed by atoms with Gasteiger partial charge in [0.2, 0.25) is 0 Å². The van der Waals surface area contributed by atoms with Crippen molar-refractivity contribution in [3.63, 3.8) is 0 Å². The first-order valence-corrected chi connectivity index (χ1v) is 6.89. The molecule has 18 heavy (non-hydrogen) atoms. The Hall–Kier alpha value is -1.13. The molecule has 0 saturated carbocycles. The third kappa shape index (κ3) is 2.35. The number of hydrogen-bond donors (Lipinski definition) is 1. The number of hydrogen-bond acceptors (Lipinski definition) is 4. The van der Waals surface area contributed by atoms with E-state index in [1.54, 1.807) is 0 Å². The summed E-state index contributed by atoms with van der Waals surface area (Å²) in [4.78, 5) is 9.31. The predicted molar refractivity (Wildman–Crippen MR) is 73.0 cm³/mol. The Morgan fingerprint density at radius 2 is 1.83 bits per heavy atom. The van der Waals surface area contributed by atoms with Gasteiger partial charge in [-0.3, -0.25) is 4.90 Å². The lowest BCUT2D eigenvalue weighted by Crippen LogP contribution is -2.28. The van der Waals surface area contributed by atoms with Crippen LogP contribution in [0.15, 0.2) is 18.3 Å². The Morgan fingerprint density at radius 3 is 2.39 bits per heavy atom. The van der Waals surface area contributed by atoms with Gasteiger partial charge in [-0.2, -0.15) is 0 Å². The van der Waals surface area contributed by atoms with Crippen LogP contribution in [0.2, 0.25) is 0 Å². The van der Waals surface area contributed by atoms with Gasteiger partial charge in [0.25, 0.3) is 0 Å². The largest absolute Gasteiger partial charge is 0.384 e. The fourth-order valence-corrected chi connectivity index (χ4v) is 3.36. The van der Waals surface area contributed by atoms with Crippen molar-refractivity contribution in [1.29, 1.82) is 0 Å². The summed E-state index contributed by atoms with van der Waals surface area (Å²) in [6.07, 6.45) is 1.90. The molecule has 2 saturated heterocycles. The third-order valence-corrected chi connectivity index (χ3v) is 4.34. The number of pyridine rings is 1. The molecule has 3 rings (SSSR count). The highest BCUT2D eigenvalue weighted by molar-refractivity contribution is 5.29. The summed E-state index contributed by atoms with van der Waals surface area (Å²) in [7, 11) is 0. The Morgan fingerprint density at radius 1 is 1.17 bits per heavy atom. The number of fused-ring (bicyclic) bond motifs is 1. The molecule has 0 radical (unpaired) electrons. The maximum Gasteiger partial charge on any atom is 0.123 e. The first-order valence-electron chi connectivity index (χ1n) is 6.89. The van der Waals surface area contributed by atoms with E-state index in [0.717, 1.165) is 18.4 Å². The van der Waals surface area contributed by atoms with Gasteiger partial charge in [-0.1, -0.05) is 13.0 Å². The summed E-state index contributed by atoms with van der Waals surface area (Å²) in [6, 6.07) is 3.99. The molecule has 2 N–H and O–H groups in total. The van der Waals surface area contributed by atoms with Crippen molar-refractivity contribution in [3.05, 3.63) is 23.9 Å². The molecule has 4 heteroatoms. The molecule has 0 aliphatic carbocycles. The normalized spacial score (nSPS) is 28.7. The van der Waals surface area contributed by atoms with E-state index in [2.05, 4.69) is 27.8 Å². The van der Waals surface area contributed by atoms with Gasteiger partial charge in [-0.15, -0.1) is 0 Å². The Kier molecular flexibility index (Phi) is 3.22. The highest BCUT2D eigenvalue weighted by Crippen LogP contribution is 2.31. The van der Waals surface area contributed by atoms with E-state index < -0.39 is 0 Å². The first kappa shape index (κ1) is 11.9.